The molecule has 1 rings (SSSR count). The molecule has 0 N–H and O–H groups in total. The van der Waals surface area contributed by atoms with E-state index in [0.29, 0.717) is 38.4 Å². The third-order valence-electron chi connectivity index (χ3n) is 4.03. The van der Waals surface area contributed by atoms with Crippen LogP contribution in [0.1, 0.15) is 96.8 Å². The molecule has 0 atom stereocenters. The molecule has 0 bridgehead atoms. The summed E-state index contributed by atoms with van der Waals surface area (Å²) in [6, 6.07) is 8.96. The van der Waals surface area contributed by atoms with E-state index in [0.717, 1.165) is 38.5 Å². The van der Waals surface area contributed by atoms with Gasteiger partial charge >= 0.3 is 23.9 Å². The molecule has 0 aliphatic carbocycles. The highest BCUT2D eigenvalue weighted by Gasteiger charge is 2.02. The van der Waals surface area contributed by atoms with Gasteiger partial charge in [0.25, 0.3) is 0 Å². The maximum absolute atomic E-state index is 11.0. The van der Waals surface area contributed by atoms with Crippen molar-refractivity contribution in [3.05, 3.63) is 48.6 Å². The van der Waals surface area contributed by atoms with E-state index in [1.54, 1.807) is 26.0 Å². The summed E-state index contributed by atoms with van der Waals surface area (Å²) in [6.45, 7) is 15.9. The molecule has 1 aromatic carbocycles. The number of hydrogen-bond donors (Lipinski definition) is 0. The second-order valence-electron chi connectivity index (χ2n) is 7.40. The maximum atomic E-state index is 11.0. The summed E-state index contributed by atoms with van der Waals surface area (Å²) in [5, 5.41) is 0. The van der Waals surface area contributed by atoms with Crippen molar-refractivity contribution in [3.63, 3.8) is 0 Å². The molecule has 8 nitrogen and oxygen atoms in total. The lowest BCUT2D eigenvalue weighted by Gasteiger charge is -1.99. The fourth-order valence-corrected chi connectivity index (χ4v) is 2.35. The minimum Gasteiger partial charge on any atom is -0.466 e. The Morgan fingerprint density at radius 2 is 1.30 bits per heavy atom. The van der Waals surface area contributed by atoms with E-state index in [4.69, 9.17) is 14.2 Å². The highest BCUT2D eigenvalue weighted by Crippen LogP contribution is 2.00. The van der Waals surface area contributed by atoms with Crippen LogP contribution in [-0.4, -0.2) is 50.3 Å². The van der Waals surface area contributed by atoms with Crippen molar-refractivity contribution >= 4 is 23.9 Å². The molecule has 0 fully saturated rings. The zero-order valence-electron chi connectivity index (χ0n) is 23.7. The van der Waals surface area contributed by atoms with Crippen LogP contribution < -0.4 is 0 Å². The summed E-state index contributed by atoms with van der Waals surface area (Å²) < 4.78 is 18.7. The Morgan fingerprint density at radius 3 is 1.73 bits per heavy atom. The number of unbranched alkanes of at least 4 members (excludes halogenated alkanes) is 4. The third-order valence-corrected chi connectivity index (χ3v) is 4.03. The fourth-order valence-electron chi connectivity index (χ4n) is 2.35. The van der Waals surface area contributed by atoms with Gasteiger partial charge in [0, 0.05) is 20.3 Å². The Balaban J connectivity index is -0.000000425. The van der Waals surface area contributed by atoms with Gasteiger partial charge in [0.15, 0.2) is 0 Å². The quantitative estimate of drug-likeness (QED) is 0.125. The first-order valence-corrected chi connectivity index (χ1v) is 12.9. The first-order chi connectivity index (χ1) is 17.7. The van der Waals surface area contributed by atoms with Crippen LogP contribution in [0.3, 0.4) is 0 Å². The minimum absolute atomic E-state index is 0.0593. The van der Waals surface area contributed by atoms with E-state index in [1.165, 1.54) is 13.8 Å². The monoisotopic (exact) mass is 524 g/mol. The Bertz CT molecular complexity index is 701. The molecule has 212 valence electrons. The number of benzene rings is 1. The second-order valence-corrected chi connectivity index (χ2v) is 7.40. The van der Waals surface area contributed by atoms with Gasteiger partial charge in [0.1, 0.15) is 0 Å². The number of carbonyl (C=O) groups is 4. The summed E-state index contributed by atoms with van der Waals surface area (Å²) >= 11 is 0. The highest BCUT2D eigenvalue weighted by atomic mass is 16.5. The number of esters is 4. The van der Waals surface area contributed by atoms with Crippen molar-refractivity contribution in [1.82, 2.24) is 0 Å². The van der Waals surface area contributed by atoms with E-state index >= 15 is 0 Å². The summed E-state index contributed by atoms with van der Waals surface area (Å²) in [5.41, 5.74) is 0.606. The molecular weight excluding hydrogens is 476 g/mol. The van der Waals surface area contributed by atoms with E-state index < -0.39 is 0 Å². The molecule has 1 aromatic rings. The smallest absolute Gasteiger partial charge is 0.338 e. The van der Waals surface area contributed by atoms with Crippen molar-refractivity contribution in [2.75, 3.05) is 26.4 Å². The Labute approximate surface area is 223 Å². The van der Waals surface area contributed by atoms with Crippen LogP contribution in [-0.2, 0) is 33.3 Å². The van der Waals surface area contributed by atoms with Gasteiger partial charge < -0.3 is 18.9 Å². The molecule has 0 unspecified atom stereocenters. The normalized spacial score (nSPS) is 8.92. The van der Waals surface area contributed by atoms with E-state index in [1.807, 2.05) is 31.2 Å². The lowest BCUT2D eigenvalue weighted by atomic mass is 10.2. The van der Waals surface area contributed by atoms with Gasteiger partial charge in [-0.1, -0.05) is 44.0 Å². The molecule has 0 saturated carbocycles. The summed E-state index contributed by atoms with van der Waals surface area (Å²) in [6.07, 6.45) is 8.69. The number of allylic oxidation sites excluding steroid dienone is 1. The number of ether oxygens (including phenoxy) is 4. The van der Waals surface area contributed by atoms with Crippen molar-refractivity contribution < 1.29 is 38.1 Å². The predicted octanol–water partition coefficient (Wildman–Crippen LogP) is 6.47. The Kier molecular flexibility index (Phi) is 32.0. The van der Waals surface area contributed by atoms with Crippen LogP contribution in [0.15, 0.2) is 43.0 Å². The largest absolute Gasteiger partial charge is 0.466 e. The van der Waals surface area contributed by atoms with Gasteiger partial charge in [-0.05, 0) is 58.6 Å². The highest BCUT2D eigenvalue weighted by molar-refractivity contribution is 5.89. The molecule has 8 heteroatoms. The lowest BCUT2D eigenvalue weighted by Crippen LogP contribution is -2.03. The standard InChI is InChI=1S/C9H10O2.C8H14O2.C8H16O2.C4H8O2/c1-2-11-9(10)8-6-4-3-5-7-8;1-3-4-5-6-7-10-8(2)9;1-3-5-6-7-8(9)10-4-2;1-3-6-4(2)5/h3-7H,2H2,1H3;3H,1,4-7H2,2H3;3-7H2,1-2H3;3H2,1-2H3. The van der Waals surface area contributed by atoms with Crippen LogP contribution in [0.4, 0.5) is 0 Å². The number of carbonyl (C=O) groups excluding carboxylic acids is 4. The summed E-state index contributed by atoms with van der Waals surface area (Å²) in [7, 11) is 0. The zero-order valence-corrected chi connectivity index (χ0v) is 23.7. The average molecular weight is 525 g/mol. The van der Waals surface area contributed by atoms with Gasteiger partial charge in [-0.25, -0.2) is 4.79 Å². The molecule has 0 spiro atoms. The minimum atomic E-state index is -0.256. The lowest BCUT2D eigenvalue weighted by molar-refractivity contribution is -0.143. The topological polar surface area (TPSA) is 105 Å². The average Bonchev–Trinajstić information content (AvgIpc) is 2.86. The van der Waals surface area contributed by atoms with E-state index in [-0.39, 0.29) is 23.9 Å². The SMILES string of the molecule is C=CCCCCOC(C)=O.CCCCCC(=O)OCC.CCOC(=O)c1ccccc1.CCOC(C)=O. The summed E-state index contributed by atoms with van der Waals surface area (Å²) in [5.74, 6) is -0.722. The van der Waals surface area contributed by atoms with Gasteiger partial charge in [0.2, 0.25) is 0 Å². The Hall–Kier alpha value is -3.16. The van der Waals surface area contributed by atoms with Crippen LogP contribution in [0, 0.1) is 0 Å². The molecular formula is C29H48O8. The molecule has 0 aliphatic rings. The second kappa shape index (κ2) is 30.9. The first kappa shape index (κ1) is 38.4. The Morgan fingerprint density at radius 1 is 0.730 bits per heavy atom. The van der Waals surface area contributed by atoms with Crippen LogP contribution in [0.5, 0.6) is 0 Å². The van der Waals surface area contributed by atoms with Crippen molar-refractivity contribution in [2.45, 2.75) is 86.5 Å². The van der Waals surface area contributed by atoms with Crippen molar-refractivity contribution in [3.8, 4) is 0 Å². The molecule has 0 heterocycles. The third kappa shape index (κ3) is 35.1. The van der Waals surface area contributed by atoms with Crippen LogP contribution >= 0.6 is 0 Å². The van der Waals surface area contributed by atoms with Gasteiger partial charge in [-0.3, -0.25) is 14.4 Å². The van der Waals surface area contributed by atoms with Crippen molar-refractivity contribution in [2.24, 2.45) is 0 Å². The number of rotatable bonds is 13. The number of hydrogen-bond acceptors (Lipinski definition) is 8. The molecule has 0 amide bonds. The van der Waals surface area contributed by atoms with Crippen LogP contribution in [0.2, 0.25) is 0 Å². The zero-order chi connectivity index (χ0) is 28.7. The molecule has 0 saturated heterocycles. The van der Waals surface area contributed by atoms with E-state index in [9.17, 15) is 19.2 Å². The van der Waals surface area contributed by atoms with Gasteiger partial charge in [-0.2, -0.15) is 0 Å². The maximum Gasteiger partial charge on any atom is 0.338 e. The molecule has 0 radical (unpaired) electrons. The summed E-state index contributed by atoms with van der Waals surface area (Å²) in [4.78, 5) is 41.8. The predicted molar refractivity (Wildman–Crippen MR) is 146 cm³/mol. The van der Waals surface area contributed by atoms with Gasteiger partial charge in [0.05, 0.1) is 32.0 Å². The van der Waals surface area contributed by atoms with Crippen LogP contribution in [0.25, 0.3) is 0 Å². The molecule has 37 heavy (non-hydrogen) atoms. The molecule has 0 aliphatic heterocycles. The first-order valence-electron chi connectivity index (χ1n) is 12.9. The van der Waals surface area contributed by atoms with Gasteiger partial charge in [-0.15, -0.1) is 6.58 Å². The van der Waals surface area contributed by atoms with E-state index in [2.05, 4.69) is 18.2 Å². The van der Waals surface area contributed by atoms with Crippen molar-refractivity contribution in [1.29, 1.82) is 0 Å². The fraction of sp³-hybridized carbons (Fsp3) is 0.586. The molecule has 0 aromatic heterocycles.